The number of hydrogen-bond donors (Lipinski definition) is 0. The molecule has 0 N–H and O–H groups in total. The highest BCUT2D eigenvalue weighted by atomic mass is 16.6. The molecule has 1 rings (SSSR count). The van der Waals surface area contributed by atoms with Crippen molar-refractivity contribution in [1.82, 2.24) is 4.90 Å². The molecule has 1 amide bonds. The molecule has 0 aromatic heterocycles. The van der Waals surface area contributed by atoms with Crippen LogP contribution in [0.25, 0.3) is 0 Å². The standard InChI is InChI=1S/C16H25NO2/c1-3-5-9-13-17(12-4-2)16(18)19-14-15-10-7-6-8-11-15/h6-8,10-11H,3-5,9,12-14H2,1-2H3. The summed E-state index contributed by atoms with van der Waals surface area (Å²) in [5.74, 6) is 0. The van der Waals surface area contributed by atoms with Crippen LogP contribution < -0.4 is 0 Å². The third-order valence-electron chi connectivity index (χ3n) is 2.99. The number of hydrogen-bond acceptors (Lipinski definition) is 2. The van der Waals surface area contributed by atoms with Gasteiger partial charge in [0.05, 0.1) is 0 Å². The summed E-state index contributed by atoms with van der Waals surface area (Å²) in [6, 6.07) is 9.80. The second-order valence-corrected chi connectivity index (χ2v) is 4.73. The summed E-state index contributed by atoms with van der Waals surface area (Å²) >= 11 is 0. The third kappa shape index (κ3) is 6.27. The lowest BCUT2D eigenvalue weighted by Gasteiger charge is -2.21. The summed E-state index contributed by atoms with van der Waals surface area (Å²) in [6.07, 6.45) is 4.15. The first-order valence-electron chi connectivity index (χ1n) is 7.23. The zero-order valence-corrected chi connectivity index (χ0v) is 12.1. The number of benzene rings is 1. The van der Waals surface area contributed by atoms with Gasteiger partial charge in [-0.05, 0) is 18.4 Å². The van der Waals surface area contributed by atoms with E-state index in [0.29, 0.717) is 6.61 Å². The minimum Gasteiger partial charge on any atom is -0.445 e. The number of unbranched alkanes of at least 4 members (excludes halogenated alkanes) is 2. The summed E-state index contributed by atoms with van der Waals surface area (Å²) in [7, 11) is 0. The lowest BCUT2D eigenvalue weighted by atomic mass is 10.2. The number of nitrogens with zero attached hydrogens (tertiary/aromatic N) is 1. The van der Waals surface area contributed by atoms with Gasteiger partial charge in [0.15, 0.2) is 0 Å². The number of amides is 1. The van der Waals surface area contributed by atoms with Crippen molar-refractivity contribution in [1.29, 1.82) is 0 Å². The van der Waals surface area contributed by atoms with E-state index in [1.807, 2.05) is 35.2 Å². The Balaban J connectivity index is 2.38. The van der Waals surface area contributed by atoms with E-state index in [1.54, 1.807) is 0 Å². The van der Waals surface area contributed by atoms with Crippen LogP contribution in [-0.2, 0) is 11.3 Å². The molecular formula is C16H25NO2. The van der Waals surface area contributed by atoms with Crippen molar-refractivity contribution in [3.8, 4) is 0 Å². The molecule has 0 unspecified atom stereocenters. The molecule has 0 saturated carbocycles. The molecule has 3 heteroatoms. The van der Waals surface area contributed by atoms with Gasteiger partial charge in [0.1, 0.15) is 6.61 Å². The van der Waals surface area contributed by atoms with E-state index < -0.39 is 0 Å². The molecule has 0 aliphatic heterocycles. The van der Waals surface area contributed by atoms with Crippen molar-refractivity contribution in [2.45, 2.75) is 46.1 Å². The molecule has 0 aliphatic carbocycles. The maximum absolute atomic E-state index is 12.0. The molecule has 0 spiro atoms. The van der Waals surface area contributed by atoms with Crippen LogP contribution >= 0.6 is 0 Å². The van der Waals surface area contributed by atoms with Crippen molar-refractivity contribution >= 4 is 6.09 Å². The summed E-state index contributed by atoms with van der Waals surface area (Å²) in [5.41, 5.74) is 1.03. The van der Waals surface area contributed by atoms with Gasteiger partial charge >= 0.3 is 6.09 Å². The Hall–Kier alpha value is -1.51. The molecule has 0 atom stereocenters. The van der Waals surface area contributed by atoms with Gasteiger partial charge in [-0.25, -0.2) is 4.79 Å². The van der Waals surface area contributed by atoms with Crippen molar-refractivity contribution < 1.29 is 9.53 Å². The quantitative estimate of drug-likeness (QED) is 0.657. The highest BCUT2D eigenvalue weighted by Crippen LogP contribution is 2.06. The van der Waals surface area contributed by atoms with E-state index in [0.717, 1.165) is 37.9 Å². The van der Waals surface area contributed by atoms with Gasteiger partial charge in [-0.3, -0.25) is 0 Å². The average molecular weight is 263 g/mol. The van der Waals surface area contributed by atoms with Crippen LogP contribution in [-0.4, -0.2) is 24.1 Å². The lowest BCUT2D eigenvalue weighted by Crippen LogP contribution is -2.33. The molecule has 19 heavy (non-hydrogen) atoms. The van der Waals surface area contributed by atoms with Crippen molar-refractivity contribution in [3.05, 3.63) is 35.9 Å². The second kappa shape index (κ2) is 9.42. The van der Waals surface area contributed by atoms with Crippen LogP contribution in [0.1, 0.15) is 45.1 Å². The first-order chi connectivity index (χ1) is 9.27. The second-order valence-electron chi connectivity index (χ2n) is 4.73. The SMILES string of the molecule is CCCCCN(CCC)C(=O)OCc1ccccc1. The molecule has 0 bridgehead atoms. The molecule has 106 valence electrons. The fourth-order valence-corrected chi connectivity index (χ4v) is 1.93. The van der Waals surface area contributed by atoms with E-state index in [4.69, 9.17) is 4.74 Å². The first-order valence-corrected chi connectivity index (χ1v) is 7.23. The zero-order valence-electron chi connectivity index (χ0n) is 12.1. The number of rotatable bonds is 8. The lowest BCUT2D eigenvalue weighted by molar-refractivity contribution is 0.0955. The van der Waals surface area contributed by atoms with Gasteiger partial charge in [0.2, 0.25) is 0 Å². The van der Waals surface area contributed by atoms with E-state index >= 15 is 0 Å². The number of carbonyl (C=O) groups is 1. The topological polar surface area (TPSA) is 29.5 Å². The van der Waals surface area contributed by atoms with E-state index in [1.165, 1.54) is 6.42 Å². The zero-order chi connectivity index (χ0) is 13.9. The summed E-state index contributed by atoms with van der Waals surface area (Å²) < 4.78 is 5.36. The van der Waals surface area contributed by atoms with Crippen LogP contribution in [0.3, 0.4) is 0 Å². The number of ether oxygens (including phenoxy) is 1. The highest BCUT2D eigenvalue weighted by Gasteiger charge is 2.13. The summed E-state index contributed by atoms with van der Waals surface area (Å²) in [4.78, 5) is 13.8. The Morgan fingerprint density at radius 2 is 1.79 bits per heavy atom. The molecule has 1 aromatic carbocycles. The fourth-order valence-electron chi connectivity index (χ4n) is 1.93. The van der Waals surface area contributed by atoms with Gasteiger partial charge in [-0.15, -0.1) is 0 Å². The molecular weight excluding hydrogens is 238 g/mol. The van der Waals surface area contributed by atoms with Crippen molar-refractivity contribution in [3.63, 3.8) is 0 Å². The Kier molecular flexibility index (Phi) is 7.71. The molecule has 0 radical (unpaired) electrons. The van der Waals surface area contributed by atoms with E-state index in [-0.39, 0.29) is 6.09 Å². The van der Waals surface area contributed by atoms with Gasteiger partial charge in [0, 0.05) is 13.1 Å². The van der Waals surface area contributed by atoms with Crippen molar-refractivity contribution in [2.24, 2.45) is 0 Å². The van der Waals surface area contributed by atoms with E-state index in [2.05, 4.69) is 13.8 Å². The monoisotopic (exact) mass is 263 g/mol. The minimum absolute atomic E-state index is 0.193. The average Bonchev–Trinajstić information content (AvgIpc) is 2.45. The Morgan fingerprint density at radius 1 is 1.05 bits per heavy atom. The summed E-state index contributed by atoms with van der Waals surface area (Å²) in [5, 5.41) is 0. The third-order valence-corrected chi connectivity index (χ3v) is 2.99. The maximum Gasteiger partial charge on any atom is 0.410 e. The van der Waals surface area contributed by atoms with Crippen LogP contribution in [0.4, 0.5) is 4.79 Å². The normalized spacial score (nSPS) is 10.2. The predicted molar refractivity (Wildman–Crippen MR) is 78.0 cm³/mol. The van der Waals surface area contributed by atoms with Crippen molar-refractivity contribution in [2.75, 3.05) is 13.1 Å². The van der Waals surface area contributed by atoms with Gasteiger partial charge in [-0.1, -0.05) is 57.0 Å². The molecule has 0 fully saturated rings. The smallest absolute Gasteiger partial charge is 0.410 e. The molecule has 3 nitrogen and oxygen atoms in total. The van der Waals surface area contributed by atoms with Crippen LogP contribution in [0.15, 0.2) is 30.3 Å². The molecule has 1 aromatic rings. The van der Waals surface area contributed by atoms with Crippen LogP contribution in [0, 0.1) is 0 Å². The predicted octanol–water partition coefficient (Wildman–Crippen LogP) is 4.23. The summed E-state index contributed by atoms with van der Waals surface area (Å²) in [6.45, 7) is 6.18. The highest BCUT2D eigenvalue weighted by molar-refractivity contribution is 5.67. The first kappa shape index (κ1) is 15.5. The Morgan fingerprint density at radius 3 is 2.42 bits per heavy atom. The van der Waals surface area contributed by atoms with Crippen LogP contribution in [0.5, 0.6) is 0 Å². The van der Waals surface area contributed by atoms with Gasteiger partial charge < -0.3 is 9.64 Å². The molecule has 0 saturated heterocycles. The number of carbonyl (C=O) groups excluding carboxylic acids is 1. The van der Waals surface area contributed by atoms with Crippen LogP contribution in [0.2, 0.25) is 0 Å². The van der Waals surface area contributed by atoms with Gasteiger partial charge in [-0.2, -0.15) is 0 Å². The molecule has 0 aliphatic rings. The fraction of sp³-hybridized carbons (Fsp3) is 0.562. The maximum atomic E-state index is 12.0. The Bertz CT molecular complexity index is 351. The Labute approximate surface area is 116 Å². The largest absolute Gasteiger partial charge is 0.445 e. The van der Waals surface area contributed by atoms with E-state index in [9.17, 15) is 4.79 Å². The van der Waals surface area contributed by atoms with Gasteiger partial charge in [0.25, 0.3) is 0 Å². The minimum atomic E-state index is -0.193. The molecule has 0 heterocycles.